The van der Waals surface area contributed by atoms with E-state index in [1.165, 1.54) is 11.8 Å². The molecule has 1 heterocycles. The van der Waals surface area contributed by atoms with Crippen molar-refractivity contribution in [1.29, 1.82) is 0 Å². The van der Waals surface area contributed by atoms with Crippen molar-refractivity contribution >= 4 is 52.6 Å². The molecule has 2 aromatic rings. The van der Waals surface area contributed by atoms with Crippen LogP contribution in [0.1, 0.15) is 11.1 Å². The highest BCUT2D eigenvalue weighted by atomic mass is 35.5. The molecule has 1 atom stereocenters. The number of hydrogen-bond donors (Lipinski definition) is 2. The smallest absolute Gasteiger partial charge is 0.260 e. The lowest BCUT2D eigenvalue weighted by molar-refractivity contribution is -0.116. The van der Waals surface area contributed by atoms with E-state index in [-0.39, 0.29) is 11.4 Å². The third kappa shape index (κ3) is 3.83. The van der Waals surface area contributed by atoms with E-state index in [4.69, 9.17) is 23.2 Å². The molecule has 23 heavy (non-hydrogen) atoms. The molecule has 2 aromatic carbocycles. The van der Waals surface area contributed by atoms with E-state index in [9.17, 15) is 4.79 Å². The van der Waals surface area contributed by atoms with Crippen LogP contribution in [0.4, 0.5) is 5.69 Å². The number of benzene rings is 2. The van der Waals surface area contributed by atoms with Crippen molar-refractivity contribution in [2.75, 3.05) is 5.32 Å². The van der Waals surface area contributed by atoms with Gasteiger partial charge in [-0.3, -0.25) is 4.79 Å². The topological polar surface area (TPSA) is 41.1 Å². The van der Waals surface area contributed by atoms with Gasteiger partial charge in [0.1, 0.15) is 0 Å². The SMILES string of the molecule is Cc1ccc(Cl)cc1NC1NC(=O)/C(=C/c2ccccc2Cl)S1. The standard InChI is InChI=1S/C17H14Cl2N2OS/c1-10-6-7-12(18)9-14(10)20-17-21-16(22)15(23-17)8-11-4-2-3-5-13(11)19/h2-9,17,20H,1H3,(H,21,22)/b15-8-. The lowest BCUT2D eigenvalue weighted by Gasteiger charge is -2.15. The van der Waals surface area contributed by atoms with E-state index < -0.39 is 0 Å². The van der Waals surface area contributed by atoms with Crippen molar-refractivity contribution in [2.24, 2.45) is 0 Å². The van der Waals surface area contributed by atoms with E-state index in [1.54, 1.807) is 12.1 Å². The molecule has 1 amide bonds. The van der Waals surface area contributed by atoms with Gasteiger partial charge in [-0.1, -0.05) is 59.2 Å². The lowest BCUT2D eigenvalue weighted by atomic mass is 10.2. The highest BCUT2D eigenvalue weighted by molar-refractivity contribution is 8.05. The fourth-order valence-electron chi connectivity index (χ4n) is 2.19. The van der Waals surface area contributed by atoms with Gasteiger partial charge < -0.3 is 10.6 Å². The number of thioether (sulfide) groups is 1. The van der Waals surface area contributed by atoms with Crippen LogP contribution >= 0.6 is 35.0 Å². The molecule has 3 rings (SSSR count). The van der Waals surface area contributed by atoms with Gasteiger partial charge in [-0.2, -0.15) is 0 Å². The van der Waals surface area contributed by atoms with Gasteiger partial charge in [-0.15, -0.1) is 0 Å². The number of carbonyl (C=O) groups is 1. The van der Waals surface area contributed by atoms with Gasteiger partial charge >= 0.3 is 0 Å². The molecule has 0 saturated carbocycles. The normalized spacial score (nSPS) is 19.0. The van der Waals surface area contributed by atoms with Gasteiger partial charge in [0.15, 0.2) is 5.50 Å². The fraction of sp³-hybridized carbons (Fsp3) is 0.118. The number of amides is 1. The first kappa shape index (κ1) is 16.2. The summed E-state index contributed by atoms with van der Waals surface area (Å²) in [6, 6.07) is 13.1. The van der Waals surface area contributed by atoms with Gasteiger partial charge in [0, 0.05) is 15.7 Å². The van der Waals surface area contributed by atoms with Crippen LogP contribution in [-0.4, -0.2) is 11.4 Å². The van der Waals surface area contributed by atoms with E-state index in [2.05, 4.69) is 10.6 Å². The Morgan fingerprint density at radius 2 is 2.00 bits per heavy atom. The maximum atomic E-state index is 12.1. The summed E-state index contributed by atoms with van der Waals surface area (Å²) in [7, 11) is 0. The molecule has 118 valence electrons. The molecule has 1 unspecified atom stereocenters. The zero-order chi connectivity index (χ0) is 16.4. The average molecular weight is 365 g/mol. The van der Waals surface area contributed by atoms with Gasteiger partial charge in [0.2, 0.25) is 0 Å². The minimum atomic E-state index is -0.242. The highest BCUT2D eigenvalue weighted by Gasteiger charge is 2.27. The Morgan fingerprint density at radius 1 is 1.22 bits per heavy atom. The van der Waals surface area contributed by atoms with E-state index in [0.717, 1.165) is 16.8 Å². The molecule has 0 radical (unpaired) electrons. The van der Waals surface area contributed by atoms with Crippen LogP contribution in [0, 0.1) is 6.92 Å². The second-order valence-corrected chi connectivity index (χ2v) is 7.10. The summed E-state index contributed by atoms with van der Waals surface area (Å²) in [5.41, 5.74) is 2.54. The van der Waals surface area contributed by atoms with E-state index >= 15 is 0 Å². The molecular formula is C17H14Cl2N2OS. The molecule has 6 heteroatoms. The lowest BCUT2D eigenvalue weighted by Crippen LogP contribution is -2.31. The molecule has 1 aliphatic rings. The molecule has 0 bridgehead atoms. The first-order chi connectivity index (χ1) is 11.0. The summed E-state index contributed by atoms with van der Waals surface area (Å²) < 4.78 is 0. The summed E-state index contributed by atoms with van der Waals surface area (Å²) in [6.07, 6.45) is 1.80. The second kappa shape index (κ2) is 6.87. The quantitative estimate of drug-likeness (QED) is 0.760. The molecule has 1 saturated heterocycles. The summed E-state index contributed by atoms with van der Waals surface area (Å²) in [4.78, 5) is 12.8. The van der Waals surface area contributed by atoms with E-state index in [1.807, 2.05) is 43.3 Å². The van der Waals surface area contributed by atoms with Crippen LogP contribution in [0.2, 0.25) is 10.0 Å². The number of carbonyl (C=O) groups excluding carboxylic acids is 1. The molecule has 3 nitrogen and oxygen atoms in total. The number of aryl methyl sites for hydroxylation is 1. The van der Waals surface area contributed by atoms with Gasteiger partial charge in [0.25, 0.3) is 5.91 Å². The molecular weight excluding hydrogens is 351 g/mol. The maximum Gasteiger partial charge on any atom is 0.260 e. The monoisotopic (exact) mass is 364 g/mol. The Kier molecular flexibility index (Phi) is 4.85. The largest absolute Gasteiger partial charge is 0.356 e. The molecule has 1 fully saturated rings. The summed E-state index contributed by atoms with van der Waals surface area (Å²) in [6.45, 7) is 1.99. The van der Waals surface area contributed by atoms with Crippen LogP contribution < -0.4 is 10.6 Å². The first-order valence-electron chi connectivity index (χ1n) is 6.99. The predicted molar refractivity (Wildman–Crippen MR) is 98.8 cm³/mol. The zero-order valence-electron chi connectivity index (χ0n) is 12.3. The summed E-state index contributed by atoms with van der Waals surface area (Å²) in [5, 5.41) is 7.45. The van der Waals surface area contributed by atoms with Crippen molar-refractivity contribution in [3.05, 3.63) is 68.5 Å². The summed E-state index contributed by atoms with van der Waals surface area (Å²) in [5.74, 6) is -0.118. The van der Waals surface area contributed by atoms with Gasteiger partial charge in [-0.05, 0) is 42.3 Å². The predicted octanol–water partition coefficient (Wildman–Crippen LogP) is 4.90. The fourth-order valence-corrected chi connectivity index (χ4v) is 3.52. The average Bonchev–Trinajstić information content (AvgIpc) is 2.85. The maximum absolute atomic E-state index is 12.1. The Labute approximate surface area is 149 Å². The molecule has 0 spiro atoms. The Hall–Kier alpha value is -1.62. The Balaban J connectivity index is 1.77. The van der Waals surface area contributed by atoms with Crippen molar-refractivity contribution in [3.63, 3.8) is 0 Å². The minimum Gasteiger partial charge on any atom is -0.356 e. The van der Waals surface area contributed by atoms with Crippen LogP contribution in [0.15, 0.2) is 47.4 Å². The number of halogens is 2. The van der Waals surface area contributed by atoms with Gasteiger partial charge in [-0.25, -0.2) is 0 Å². The number of anilines is 1. The van der Waals surface area contributed by atoms with Crippen LogP contribution in [-0.2, 0) is 4.79 Å². The Bertz CT molecular complexity index is 792. The molecule has 1 aliphatic heterocycles. The van der Waals surface area contributed by atoms with Crippen LogP contribution in [0.5, 0.6) is 0 Å². The van der Waals surface area contributed by atoms with Crippen LogP contribution in [0.3, 0.4) is 0 Å². The number of nitrogens with one attached hydrogen (secondary N) is 2. The van der Waals surface area contributed by atoms with Crippen molar-refractivity contribution < 1.29 is 4.79 Å². The van der Waals surface area contributed by atoms with Crippen molar-refractivity contribution in [2.45, 2.75) is 12.4 Å². The number of hydrogen-bond acceptors (Lipinski definition) is 3. The second-order valence-electron chi connectivity index (χ2n) is 5.11. The third-order valence-electron chi connectivity index (χ3n) is 3.41. The van der Waals surface area contributed by atoms with Crippen molar-refractivity contribution in [3.8, 4) is 0 Å². The third-order valence-corrected chi connectivity index (χ3v) is 5.02. The molecule has 2 N–H and O–H groups in total. The van der Waals surface area contributed by atoms with Crippen LogP contribution in [0.25, 0.3) is 6.08 Å². The zero-order valence-corrected chi connectivity index (χ0v) is 14.6. The highest BCUT2D eigenvalue weighted by Crippen LogP contribution is 2.32. The van der Waals surface area contributed by atoms with Gasteiger partial charge in [0.05, 0.1) is 4.91 Å². The van der Waals surface area contributed by atoms with Crippen molar-refractivity contribution in [1.82, 2.24) is 5.32 Å². The molecule has 0 aromatic heterocycles. The molecule has 0 aliphatic carbocycles. The van der Waals surface area contributed by atoms with E-state index in [0.29, 0.717) is 15.0 Å². The minimum absolute atomic E-state index is 0.118. The summed E-state index contributed by atoms with van der Waals surface area (Å²) >= 11 is 13.6. The Morgan fingerprint density at radius 3 is 2.78 bits per heavy atom. The number of rotatable bonds is 3. The first-order valence-corrected chi connectivity index (χ1v) is 8.63.